The third kappa shape index (κ3) is 5.07. The number of unbranched alkanes of at least 4 members (excludes halogenated alkanes) is 2. The summed E-state index contributed by atoms with van der Waals surface area (Å²) in [7, 11) is 0. The Labute approximate surface area is 176 Å². The van der Waals surface area contributed by atoms with Gasteiger partial charge in [0.2, 0.25) is 0 Å². The first-order valence-corrected chi connectivity index (χ1v) is 12.1. The van der Waals surface area contributed by atoms with Gasteiger partial charge in [-0.05, 0) is 86.9 Å². The Bertz CT molecular complexity index is 579. The van der Waals surface area contributed by atoms with E-state index in [0.29, 0.717) is 23.7 Å². The number of allylic oxidation sites excluding steroid dienone is 2. The summed E-state index contributed by atoms with van der Waals surface area (Å²) in [6.45, 7) is 4.68. The lowest BCUT2D eigenvalue weighted by atomic mass is 9.43. The average molecular weight is 407 g/mol. The molecular weight excluding hydrogens is 364 g/mol. The van der Waals surface area contributed by atoms with Crippen LogP contribution in [0.25, 0.3) is 0 Å². The van der Waals surface area contributed by atoms with E-state index in [0.717, 1.165) is 44.9 Å². The molecule has 0 heterocycles. The SMILES string of the molecule is CC1C(=CCCCCC(=O)O)[C@]2(C)CC[C@H](O)[C@@H](CCC(O)C3CCCCC3)[C@H]12. The van der Waals surface area contributed by atoms with E-state index in [1.807, 2.05) is 0 Å². The molecule has 3 N–H and O–H groups in total. The van der Waals surface area contributed by atoms with E-state index < -0.39 is 5.97 Å². The van der Waals surface area contributed by atoms with Crippen molar-refractivity contribution in [2.45, 2.75) is 110 Å². The number of aliphatic carboxylic acids is 1. The number of hydrogen-bond acceptors (Lipinski definition) is 3. The number of carboxylic acid groups (broad SMARTS) is 1. The molecule has 0 spiro atoms. The van der Waals surface area contributed by atoms with Gasteiger partial charge < -0.3 is 15.3 Å². The normalized spacial score (nSPS) is 37.7. The lowest BCUT2D eigenvalue weighted by Gasteiger charge is -2.62. The molecule has 0 saturated heterocycles. The fourth-order valence-electron chi connectivity index (χ4n) is 7.00. The monoisotopic (exact) mass is 406 g/mol. The molecule has 3 rings (SSSR count). The summed E-state index contributed by atoms with van der Waals surface area (Å²) in [5.74, 6) is 1.06. The molecule has 2 unspecified atom stereocenters. The van der Waals surface area contributed by atoms with Gasteiger partial charge in [0.25, 0.3) is 0 Å². The summed E-state index contributed by atoms with van der Waals surface area (Å²) in [6.07, 6.45) is 14.7. The number of fused-ring (bicyclic) bond motifs is 1. The first-order chi connectivity index (χ1) is 13.8. The standard InChI is InChI=1S/C25H42O4/c1-17-20(11-7-4-8-12-23(28)29)25(2)16-15-22(27)19(24(17)25)13-14-21(26)18-9-5-3-6-10-18/h11,17-19,21-22,24,26-27H,3-10,12-16H2,1-2H3,(H,28,29)/t17?,19-,21?,22+,24+,25+/m1/s1. The second-order valence-electron chi connectivity index (χ2n) is 10.3. The van der Waals surface area contributed by atoms with Crippen LogP contribution in [0.4, 0.5) is 0 Å². The molecule has 6 atom stereocenters. The molecular formula is C25H42O4. The first kappa shape index (κ1) is 22.8. The Kier molecular flexibility index (Phi) is 7.83. The number of aliphatic hydroxyl groups is 2. The highest BCUT2D eigenvalue weighted by molar-refractivity contribution is 5.66. The lowest BCUT2D eigenvalue weighted by molar-refractivity contribution is -0.137. The number of aliphatic hydroxyl groups excluding tert-OH is 2. The topological polar surface area (TPSA) is 77.8 Å². The second kappa shape index (κ2) is 9.96. The summed E-state index contributed by atoms with van der Waals surface area (Å²) in [4.78, 5) is 10.7. The predicted octanol–water partition coefficient (Wildman–Crippen LogP) is 5.32. The fraction of sp³-hybridized carbons (Fsp3) is 0.880. The van der Waals surface area contributed by atoms with Crippen molar-refractivity contribution in [3.63, 3.8) is 0 Å². The summed E-state index contributed by atoms with van der Waals surface area (Å²) in [6, 6.07) is 0. The molecule has 0 amide bonds. The van der Waals surface area contributed by atoms with Gasteiger partial charge in [-0.2, -0.15) is 0 Å². The summed E-state index contributed by atoms with van der Waals surface area (Å²) < 4.78 is 0. The molecule has 0 aromatic rings. The van der Waals surface area contributed by atoms with Gasteiger partial charge in [-0.1, -0.05) is 44.8 Å². The number of rotatable bonds is 9. The zero-order valence-corrected chi connectivity index (χ0v) is 18.5. The Morgan fingerprint density at radius 3 is 2.62 bits per heavy atom. The van der Waals surface area contributed by atoms with Gasteiger partial charge in [0.05, 0.1) is 12.2 Å². The third-order valence-electron chi connectivity index (χ3n) is 8.54. The molecule has 0 radical (unpaired) electrons. The molecule has 0 aliphatic heterocycles. The van der Waals surface area contributed by atoms with E-state index in [-0.39, 0.29) is 24.0 Å². The Morgan fingerprint density at radius 2 is 1.93 bits per heavy atom. The van der Waals surface area contributed by atoms with Gasteiger partial charge in [0, 0.05) is 6.42 Å². The van der Waals surface area contributed by atoms with Crippen LogP contribution in [0, 0.1) is 29.1 Å². The predicted molar refractivity (Wildman–Crippen MR) is 115 cm³/mol. The first-order valence-electron chi connectivity index (χ1n) is 12.1. The zero-order valence-electron chi connectivity index (χ0n) is 18.5. The van der Waals surface area contributed by atoms with Crippen LogP contribution in [0.15, 0.2) is 11.6 Å². The summed E-state index contributed by atoms with van der Waals surface area (Å²) in [5.41, 5.74) is 1.72. The summed E-state index contributed by atoms with van der Waals surface area (Å²) in [5, 5.41) is 30.3. The highest BCUT2D eigenvalue weighted by Gasteiger charge is 2.58. The van der Waals surface area contributed by atoms with Gasteiger partial charge in [0.15, 0.2) is 0 Å². The fourth-order valence-corrected chi connectivity index (χ4v) is 7.00. The maximum absolute atomic E-state index is 10.8. The molecule has 3 fully saturated rings. The van der Waals surface area contributed by atoms with Gasteiger partial charge in [-0.3, -0.25) is 4.79 Å². The van der Waals surface area contributed by atoms with Crippen LogP contribution in [0.3, 0.4) is 0 Å². The molecule has 166 valence electrons. The second-order valence-corrected chi connectivity index (χ2v) is 10.3. The summed E-state index contributed by atoms with van der Waals surface area (Å²) >= 11 is 0. The molecule has 3 aliphatic carbocycles. The molecule has 0 aromatic carbocycles. The highest BCUT2D eigenvalue weighted by Crippen LogP contribution is 2.65. The minimum atomic E-state index is -0.707. The van der Waals surface area contributed by atoms with Crippen molar-refractivity contribution in [2.24, 2.45) is 29.1 Å². The van der Waals surface area contributed by atoms with Gasteiger partial charge in [-0.25, -0.2) is 0 Å². The highest BCUT2D eigenvalue weighted by atomic mass is 16.4. The smallest absolute Gasteiger partial charge is 0.303 e. The quantitative estimate of drug-likeness (QED) is 0.358. The van der Waals surface area contributed by atoms with Crippen LogP contribution in [-0.2, 0) is 4.79 Å². The molecule has 29 heavy (non-hydrogen) atoms. The van der Waals surface area contributed by atoms with E-state index in [4.69, 9.17) is 5.11 Å². The average Bonchev–Trinajstić information content (AvgIpc) is 2.71. The van der Waals surface area contributed by atoms with E-state index >= 15 is 0 Å². The minimum Gasteiger partial charge on any atom is -0.481 e. The molecule has 3 aliphatic rings. The molecule has 4 nitrogen and oxygen atoms in total. The molecule has 4 heteroatoms. The van der Waals surface area contributed by atoms with Crippen molar-refractivity contribution in [1.82, 2.24) is 0 Å². The van der Waals surface area contributed by atoms with Gasteiger partial charge in [0.1, 0.15) is 0 Å². The minimum absolute atomic E-state index is 0.186. The molecule has 3 saturated carbocycles. The van der Waals surface area contributed by atoms with Crippen molar-refractivity contribution in [1.29, 1.82) is 0 Å². The maximum Gasteiger partial charge on any atom is 0.303 e. The Balaban J connectivity index is 1.55. The van der Waals surface area contributed by atoms with E-state index in [2.05, 4.69) is 19.9 Å². The van der Waals surface area contributed by atoms with E-state index in [1.54, 1.807) is 0 Å². The third-order valence-corrected chi connectivity index (χ3v) is 8.54. The largest absolute Gasteiger partial charge is 0.481 e. The van der Waals surface area contributed by atoms with Gasteiger partial charge in [-0.15, -0.1) is 0 Å². The van der Waals surface area contributed by atoms with Gasteiger partial charge >= 0.3 is 5.97 Å². The van der Waals surface area contributed by atoms with Crippen LogP contribution in [0.5, 0.6) is 0 Å². The number of hydrogen-bond donors (Lipinski definition) is 3. The number of carbonyl (C=O) groups is 1. The van der Waals surface area contributed by atoms with Crippen molar-refractivity contribution >= 4 is 5.97 Å². The van der Waals surface area contributed by atoms with Crippen LogP contribution in [-0.4, -0.2) is 33.5 Å². The van der Waals surface area contributed by atoms with Crippen molar-refractivity contribution in [2.75, 3.05) is 0 Å². The van der Waals surface area contributed by atoms with Crippen molar-refractivity contribution < 1.29 is 20.1 Å². The lowest BCUT2D eigenvalue weighted by Crippen LogP contribution is -2.57. The maximum atomic E-state index is 10.8. The number of carboxylic acids is 1. The molecule has 0 bridgehead atoms. The molecule has 0 aromatic heterocycles. The Morgan fingerprint density at radius 1 is 1.21 bits per heavy atom. The van der Waals surface area contributed by atoms with Crippen LogP contribution in [0.2, 0.25) is 0 Å². The van der Waals surface area contributed by atoms with Crippen LogP contribution in [0.1, 0.15) is 97.3 Å². The van der Waals surface area contributed by atoms with Crippen molar-refractivity contribution in [3.8, 4) is 0 Å². The zero-order chi connectivity index (χ0) is 21.0. The van der Waals surface area contributed by atoms with Crippen LogP contribution < -0.4 is 0 Å². The van der Waals surface area contributed by atoms with E-state index in [1.165, 1.54) is 37.7 Å². The Hall–Kier alpha value is -0.870. The van der Waals surface area contributed by atoms with Crippen molar-refractivity contribution in [3.05, 3.63) is 11.6 Å². The van der Waals surface area contributed by atoms with Crippen LogP contribution >= 0.6 is 0 Å². The van der Waals surface area contributed by atoms with E-state index in [9.17, 15) is 15.0 Å².